The van der Waals surface area contributed by atoms with Crippen LogP contribution in [0.15, 0.2) is 18.2 Å². The fourth-order valence-electron chi connectivity index (χ4n) is 2.35. The molecule has 0 aromatic heterocycles. The smallest absolute Gasteiger partial charge is 0.0395 e. The van der Waals surface area contributed by atoms with Crippen molar-refractivity contribution in [3.63, 3.8) is 0 Å². The van der Waals surface area contributed by atoms with Crippen LogP contribution in [0.25, 0.3) is 0 Å². The van der Waals surface area contributed by atoms with E-state index in [0.717, 1.165) is 13.1 Å². The molecule has 0 amide bonds. The van der Waals surface area contributed by atoms with Gasteiger partial charge in [-0.1, -0.05) is 19.1 Å². The number of hydrogen-bond donors (Lipinski definition) is 1. The standard InChI is InChI=1S/C17H30N2S/c1-6-10-18-13-16-7-8-17(14(2)12-16)19(4)15(3)9-11-20-5/h7-8,12,15,18H,6,9-11,13H2,1-5H3. The third-order valence-corrected chi connectivity index (χ3v) is 4.44. The second kappa shape index (κ2) is 9.30. The zero-order valence-corrected chi connectivity index (χ0v) is 14.5. The quantitative estimate of drug-likeness (QED) is 0.691. The summed E-state index contributed by atoms with van der Waals surface area (Å²) in [6.07, 6.45) is 4.60. The van der Waals surface area contributed by atoms with Gasteiger partial charge < -0.3 is 10.2 Å². The number of nitrogens with zero attached hydrogens (tertiary/aromatic N) is 1. The van der Waals surface area contributed by atoms with Crippen LogP contribution in [-0.2, 0) is 6.54 Å². The van der Waals surface area contributed by atoms with Gasteiger partial charge in [-0.3, -0.25) is 0 Å². The van der Waals surface area contributed by atoms with Crippen molar-refractivity contribution in [1.29, 1.82) is 0 Å². The topological polar surface area (TPSA) is 15.3 Å². The molecule has 1 atom stereocenters. The Morgan fingerprint density at radius 1 is 1.35 bits per heavy atom. The average molecular weight is 295 g/mol. The van der Waals surface area contributed by atoms with Crippen LogP contribution in [0.2, 0.25) is 0 Å². The first-order valence-corrected chi connectivity index (χ1v) is 9.01. The van der Waals surface area contributed by atoms with Crippen molar-refractivity contribution in [1.82, 2.24) is 5.32 Å². The molecule has 0 spiro atoms. The van der Waals surface area contributed by atoms with Gasteiger partial charge in [-0.2, -0.15) is 11.8 Å². The van der Waals surface area contributed by atoms with Gasteiger partial charge in [-0.25, -0.2) is 0 Å². The molecular formula is C17H30N2S. The van der Waals surface area contributed by atoms with Gasteiger partial charge in [0, 0.05) is 25.3 Å². The van der Waals surface area contributed by atoms with E-state index in [0.29, 0.717) is 6.04 Å². The number of hydrogen-bond acceptors (Lipinski definition) is 3. The molecule has 20 heavy (non-hydrogen) atoms. The summed E-state index contributed by atoms with van der Waals surface area (Å²) < 4.78 is 0. The van der Waals surface area contributed by atoms with E-state index in [1.165, 1.54) is 35.4 Å². The largest absolute Gasteiger partial charge is 0.372 e. The molecule has 0 heterocycles. The highest BCUT2D eigenvalue weighted by atomic mass is 32.2. The molecular weight excluding hydrogens is 264 g/mol. The summed E-state index contributed by atoms with van der Waals surface area (Å²) in [6, 6.07) is 7.43. The minimum Gasteiger partial charge on any atom is -0.372 e. The maximum atomic E-state index is 3.46. The molecule has 3 heteroatoms. The van der Waals surface area contributed by atoms with Crippen LogP contribution in [0, 0.1) is 6.92 Å². The lowest BCUT2D eigenvalue weighted by molar-refractivity contribution is 0.665. The molecule has 0 bridgehead atoms. The van der Waals surface area contributed by atoms with Gasteiger partial charge in [0.25, 0.3) is 0 Å². The molecule has 0 aliphatic rings. The van der Waals surface area contributed by atoms with Gasteiger partial charge in [0.15, 0.2) is 0 Å². The maximum absolute atomic E-state index is 3.46. The summed E-state index contributed by atoms with van der Waals surface area (Å²) >= 11 is 1.93. The van der Waals surface area contributed by atoms with Crippen LogP contribution in [0.1, 0.15) is 37.8 Å². The lowest BCUT2D eigenvalue weighted by Gasteiger charge is -2.28. The van der Waals surface area contributed by atoms with E-state index in [1.807, 2.05) is 11.8 Å². The summed E-state index contributed by atoms with van der Waals surface area (Å²) in [6.45, 7) is 8.79. The van der Waals surface area contributed by atoms with E-state index in [4.69, 9.17) is 0 Å². The SMILES string of the molecule is CCCNCc1ccc(N(C)C(C)CCSC)c(C)c1. The molecule has 0 saturated heterocycles. The van der Waals surface area contributed by atoms with Crippen molar-refractivity contribution < 1.29 is 0 Å². The monoisotopic (exact) mass is 294 g/mol. The fourth-order valence-corrected chi connectivity index (χ4v) is 2.93. The molecule has 1 aromatic rings. The van der Waals surface area contributed by atoms with Crippen molar-refractivity contribution in [3.05, 3.63) is 29.3 Å². The molecule has 0 fully saturated rings. The molecule has 1 rings (SSSR count). The van der Waals surface area contributed by atoms with Crippen LogP contribution in [0.4, 0.5) is 5.69 Å². The molecule has 114 valence electrons. The van der Waals surface area contributed by atoms with E-state index in [2.05, 4.69) is 62.5 Å². The van der Waals surface area contributed by atoms with Crippen molar-refractivity contribution in [2.75, 3.05) is 30.5 Å². The molecule has 1 aromatic carbocycles. The van der Waals surface area contributed by atoms with E-state index in [1.54, 1.807) is 0 Å². The van der Waals surface area contributed by atoms with Crippen molar-refractivity contribution in [2.24, 2.45) is 0 Å². The second-order valence-corrected chi connectivity index (χ2v) is 6.52. The van der Waals surface area contributed by atoms with Crippen molar-refractivity contribution in [3.8, 4) is 0 Å². The van der Waals surface area contributed by atoms with Crippen LogP contribution >= 0.6 is 11.8 Å². The van der Waals surface area contributed by atoms with E-state index >= 15 is 0 Å². The molecule has 0 radical (unpaired) electrons. The number of rotatable bonds is 9. The number of nitrogens with one attached hydrogen (secondary N) is 1. The van der Waals surface area contributed by atoms with Crippen molar-refractivity contribution in [2.45, 2.75) is 46.2 Å². The Hall–Kier alpha value is -0.670. The molecule has 1 unspecified atom stereocenters. The van der Waals surface area contributed by atoms with E-state index in [-0.39, 0.29) is 0 Å². The third-order valence-electron chi connectivity index (χ3n) is 3.80. The molecule has 2 nitrogen and oxygen atoms in total. The molecule has 0 saturated carbocycles. The van der Waals surface area contributed by atoms with E-state index in [9.17, 15) is 0 Å². The van der Waals surface area contributed by atoms with Gasteiger partial charge in [0.05, 0.1) is 0 Å². The number of benzene rings is 1. The predicted octanol–water partition coefficient (Wildman–Crippen LogP) is 4.07. The fraction of sp³-hybridized carbons (Fsp3) is 0.647. The van der Waals surface area contributed by atoms with Gasteiger partial charge in [-0.05, 0) is 62.4 Å². The summed E-state index contributed by atoms with van der Waals surface area (Å²) in [5.41, 5.74) is 4.11. The summed E-state index contributed by atoms with van der Waals surface area (Å²) in [4.78, 5) is 2.41. The second-order valence-electron chi connectivity index (χ2n) is 5.54. The minimum absolute atomic E-state index is 0.588. The normalized spacial score (nSPS) is 12.4. The Morgan fingerprint density at radius 2 is 2.10 bits per heavy atom. The molecule has 0 aliphatic carbocycles. The average Bonchev–Trinajstić information content (AvgIpc) is 2.44. The maximum Gasteiger partial charge on any atom is 0.0395 e. The number of thioether (sulfide) groups is 1. The highest BCUT2D eigenvalue weighted by Crippen LogP contribution is 2.23. The summed E-state index contributed by atoms with van der Waals surface area (Å²) in [7, 11) is 2.21. The van der Waals surface area contributed by atoms with E-state index < -0.39 is 0 Å². The van der Waals surface area contributed by atoms with Crippen molar-refractivity contribution >= 4 is 17.4 Å². The van der Waals surface area contributed by atoms with Crippen LogP contribution in [0.3, 0.4) is 0 Å². The molecule has 1 N–H and O–H groups in total. The van der Waals surface area contributed by atoms with Crippen LogP contribution in [0.5, 0.6) is 0 Å². The highest BCUT2D eigenvalue weighted by molar-refractivity contribution is 7.98. The van der Waals surface area contributed by atoms with Crippen LogP contribution < -0.4 is 10.2 Å². The zero-order chi connectivity index (χ0) is 15.0. The Bertz CT molecular complexity index is 393. The van der Waals surface area contributed by atoms with Crippen LogP contribution in [-0.4, -0.2) is 31.6 Å². The Morgan fingerprint density at radius 3 is 2.70 bits per heavy atom. The number of anilines is 1. The first kappa shape index (κ1) is 17.4. The van der Waals surface area contributed by atoms with Gasteiger partial charge in [-0.15, -0.1) is 0 Å². The highest BCUT2D eigenvalue weighted by Gasteiger charge is 2.12. The minimum atomic E-state index is 0.588. The van der Waals surface area contributed by atoms with Gasteiger partial charge in [0.1, 0.15) is 0 Å². The van der Waals surface area contributed by atoms with Gasteiger partial charge >= 0.3 is 0 Å². The lowest BCUT2D eigenvalue weighted by atomic mass is 10.1. The Labute approximate surface area is 129 Å². The Kier molecular flexibility index (Phi) is 8.08. The number of aryl methyl sites for hydroxylation is 1. The third kappa shape index (κ3) is 5.37. The zero-order valence-electron chi connectivity index (χ0n) is 13.7. The first-order valence-electron chi connectivity index (χ1n) is 7.62. The summed E-state index contributed by atoms with van der Waals surface area (Å²) in [5.74, 6) is 1.23. The Balaban J connectivity index is 2.66. The predicted molar refractivity (Wildman–Crippen MR) is 94.0 cm³/mol. The first-order chi connectivity index (χ1) is 9.60. The lowest BCUT2D eigenvalue weighted by Crippen LogP contribution is -2.30. The van der Waals surface area contributed by atoms with Gasteiger partial charge in [0.2, 0.25) is 0 Å². The summed E-state index contributed by atoms with van der Waals surface area (Å²) in [5, 5.41) is 3.46. The molecule has 0 aliphatic heterocycles.